The number of hydrogen-bond acceptors (Lipinski definition) is 4. The molecule has 3 aromatic rings. The van der Waals surface area contributed by atoms with E-state index in [-0.39, 0.29) is 17.5 Å². The third kappa shape index (κ3) is 4.20. The van der Waals surface area contributed by atoms with Gasteiger partial charge in [0.05, 0.1) is 5.69 Å². The van der Waals surface area contributed by atoms with Crippen molar-refractivity contribution in [1.29, 1.82) is 0 Å². The van der Waals surface area contributed by atoms with Crippen molar-refractivity contribution in [1.82, 2.24) is 9.47 Å². The van der Waals surface area contributed by atoms with E-state index in [1.54, 1.807) is 21.7 Å². The highest BCUT2D eigenvalue weighted by atomic mass is 32.1. The summed E-state index contributed by atoms with van der Waals surface area (Å²) in [5.74, 6) is -0.101. The molecule has 1 aliphatic heterocycles. The second-order valence-corrected chi connectivity index (χ2v) is 7.90. The molecule has 2 aromatic carbocycles. The number of fused-ring (bicyclic) bond motifs is 1. The van der Waals surface area contributed by atoms with Crippen LogP contribution in [-0.4, -0.2) is 28.3 Å². The number of amides is 2. The zero-order valence-corrected chi connectivity index (χ0v) is 17.2. The predicted molar refractivity (Wildman–Crippen MR) is 108 cm³/mol. The van der Waals surface area contributed by atoms with Crippen LogP contribution in [0, 0.1) is 6.92 Å². The Bertz CT molecular complexity index is 1140. The molecule has 0 atom stereocenters. The summed E-state index contributed by atoms with van der Waals surface area (Å²) in [7, 11) is 0. The Labute approximate surface area is 175 Å². The van der Waals surface area contributed by atoms with Crippen molar-refractivity contribution in [2.24, 2.45) is 4.99 Å². The van der Waals surface area contributed by atoms with Crippen LogP contribution in [0.3, 0.4) is 0 Å². The number of carbonyl (C=O) groups is 1. The topological polar surface area (TPSA) is 56.1 Å². The first-order valence-corrected chi connectivity index (χ1v) is 10.1. The first-order chi connectivity index (χ1) is 14.3. The maximum Gasteiger partial charge on any atom is 0.586 e. The summed E-state index contributed by atoms with van der Waals surface area (Å²) in [6, 6.07) is 13.8. The van der Waals surface area contributed by atoms with Crippen LogP contribution >= 0.6 is 11.3 Å². The summed E-state index contributed by atoms with van der Waals surface area (Å²) in [5, 5.41) is 0. The Balaban J connectivity index is 1.65. The van der Waals surface area contributed by atoms with Crippen LogP contribution in [0.25, 0.3) is 5.69 Å². The molecule has 0 N–H and O–H groups in total. The number of ether oxygens (including phenoxy) is 2. The average Bonchev–Trinajstić information content (AvgIpc) is 3.23. The standard InChI is InChI=1S/C21H19F2N3O3S/c1-3-25(13-15-7-5-4-6-8-15)19(27)24-20-26(12-14(2)30-20)16-9-10-17-18(11-16)29-21(22,23)28-17/h4-12H,3,13H2,1-2H3/b24-20-. The second kappa shape index (κ2) is 7.91. The molecule has 0 radical (unpaired) electrons. The number of halogens is 2. The van der Waals surface area contributed by atoms with Crippen LogP contribution < -0.4 is 14.3 Å². The zero-order chi connectivity index (χ0) is 21.3. The number of aryl methyl sites for hydroxylation is 1. The Morgan fingerprint density at radius 1 is 1.17 bits per heavy atom. The molecule has 0 unspecified atom stereocenters. The van der Waals surface area contributed by atoms with E-state index in [1.165, 1.54) is 23.5 Å². The van der Waals surface area contributed by atoms with Gasteiger partial charge in [0.1, 0.15) is 0 Å². The molecule has 30 heavy (non-hydrogen) atoms. The fourth-order valence-electron chi connectivity index (χ4n) is 3.08. The number of nitrogens with zero attached hydrogens (tertiary/aromatic N) is 3. The third-order valence-corrected chi connectivity index (χ3v) is 5.39. The van der Waals surface area contributed by atoms with E-state index in [4.69, 9.17) is 0 Å². The molecule has 0 aliphatic carbocycles. The third-order valence-electron chi connectivity index (χ3n) is 4.49. The van der Waals surface area contributed by atoms with Crippen molar-refractivity contribution in [3.05, 3.63) is 70.0 Å². The zero-order valence-electron chi connectivity index (χ0n) is 16.3. The number of benzene rings is 2. The van der Waals surface area contributed by atoms with Crippen molar-refractivity contribution < 1.29 is 23.0 Å². The van der Waals surface area contributed by atoms with Crippen LogP contribution in [0.2, 0.25) is 0 Å². The van der Waals surface area contributed by atoms with E-state index in [0.717, 1.165) is 10.4 Å². The molecular formula is C21H19F2N3O3S. The number of rotatable bonds is 4. The van der Waals surface area contributed by atoms with Gasteiger partial charge in [0.15, 0.2) is 16.3 Å². The van der Waals surface area contributed by atoms with E-state index >= 15 is 0 Å². The molecule has 9 heteroatoms. The number of hydrogen-bond donors (Lipinski definition) is 0. The van der Waals surface area contributed by atoms with Gasteiger partial charge < -0.3 is 14.4 Å². The minimum Gasteiger partial charge on any atom is -0.395 e. The molecule has 0 bridgehead atoms. The number of thiazole rings is 1. The maximum absolute atomic E-state index is 13.3. The Morgan fingerprint density at radius 3 is 2.63 bits per heavy atom. The fourth-order valence-corrected chi connectivity index (χ4v) is 3.90. The molecule has 4 rings (SSSR count). The van der Waals surface area contributed by atoms with Gasteiger partial charge in [-0.25, -0.2) is 4.79 Å². The first kappa shape index (κ1) is 20.1. The number of carbonyl (C=O) groups excluding carboxylic acids is 1. The van der Waals surface area contributed by atoms with Crippen molar-refractivity contribution in [2.45, 2.75) is 26.7 Å². The van der Waals surface area contributed by atoms with E-state index in [0.29, 0.717) is 23.6 Å². The molecule has 0 spiro atoms. The van der Waals surface area contributed by atoms with Gasteiger partial charge in [0.2, 0.25) is 0 Å². The van der Waals surface area contributed by atoms with Crippen LogP contribution in [0.1, 0.15) is 17.4 Å². The van der Waals surface area contributed by atoms with E-state index in [9.17, 15) is 13.6 Å². The molecule has 1 aliphatic rings. The summed E-state index contributed by atoms with van der Waals surface area (Å²) in [6.07, 6.45) is -1.89. The highest BCUT2D eigenvalue weighted by Crippen LogP contribution is 2.41. The maximum atomic E-state index is 13.3. The smallest absolute Gasteiger partial charge is 0.395 e. The lowest BCUT2D eigenvalue weighted by atomic mass is 10.2. The Morgan fingerprint density at radius 2 is 1.90 bits per heavy atom. The number of aromatic nitrogens is 1. The summed E-state index contributed by atoms with van der Waals surface area (Å²) < 4.78 is 37.3. The summed E-state index contributed by atoms with van der Waals surface area (Å²) in [5.41, 5.74) is 1.55. The van der Waals surface area contributed by atoms with Gasteiger partial charge in [-0.1, -0.05) is 30.3 Å². The van der Waals surface area contributed by atoms with Gasteiger partial charge in [0.25, 0.3) is 0 Å². The molecular weight excluding hydrogens is 412 g/mol. The van der Waals surface area contributed by atoms with Crippen molar-refractivity contribution in [3.63, 3.8) is 0 Å². The van der Waals surface area contributed by atoms with Crippen LogP contribution in [0.4, 0.5) is 13.6 Å². The van der Waals surface area contributed by atoms with Gasteiger partial charge >= 0.3 is 12.3 Å². The van der Waals surface area contributed by atoms with Gasteiger partial charge in [-0.05, 0) is 31.5 Å². The summed E-state index contributed by atoms with van der Waals surface area (Å²) >= 11 is 1.33. The van der Waals surface area contributed by atoms with E-state index in [2.05, 4.69) is 14.5 Å². The molecule has 156 valence electrons. The van der Waals surface area contributed by atoms with Gasteiger partial charge in [-0.15, -0.1) is 20.1 Å². The summed E-state index contributed by atoms with van der Waals surface area (Å²) in [6.45, 7) is 4.72. The lowest BCUT2D eigenvalue weighted by Gasteiger charge is -2.18. The lowest BCUT2D eigenvalue weighted by Crippen LogP contribution is -2.29. The second-order valence-electron chi connectivity index (χ2n) is 6.69. The molecule has 6 nitrogen and oxygen atoms in total. The van der Waals surface area contributed by atoms with Gasteiger partial charge in [-0.2, -0.15) is 4.99 Å². The molecule has 1 aromatic heterocycles. The van der Waals surface area contributed by atoms with Crippen molar-refractivity contribution in [2.75, 3.05) is 6.54 Å². The quantitative estimate of drug-likeness (QED) is 0.601. The fraction of sp³-hybridized carbons (Fsp3) is 0.238. The number of urea groups is 1. The Kier molecular flexibility index (Phi) is 5.29. The predicted octanol–water partition coefficient (Wildman–Crippen LogP) is 4.71. The van der Waals surface area contributed by atoms with Crippen LogP contribution in [0.5, 0.6) is 11.5 Å². The molecule has 0 saturated carbocycles. The molecule has 0 saturated heterocycles. The highest BCUT2D eigenvalue weighted by Gasteiger charge is 2.43. The van der Waals surface area contributed by atoms with Gasteiger partial charge in [0, 0.05) is 30.2 Å². The van der Waals surface area contributed by atoms with E-state index < -0.39 is 6.29 Å². The number of alkyl halides is 2. The first-order valence-electron chi connectivity index (χ1n) is 9.31. The summed E-state index contributed by atoms with van der Waals surface area (Å²) in [4.78, 5) is 20.1. The van der Waals surface area contributed by atoms with Crippen molar-refractivity contribution in [3.8, 4) is 17.2 Å². The largest absolute Gasteiger partial charge is 0.586 e. The molecule has 0 fully saturated rings. The Hall–Kier alpha value is -3.20. The minimum absolute atomic E-state index is 0.0362. The molecule has 2 heterocycles. The minimum atomic E-state index is -3.68. The van der Waals surface area contributed by atoms with Gasteiger partial charge in [-0.3, -0.25) is 4.57 Å². The van der Waals surface area contributed by atoms with Crippen LogP contribution in [-0.2, 0) is 6.54 Å². The monoisotopic (exact) mass is 431 g/mol. The lowest BCUT2D eigenvalue weighted by molar-refractivity contribution is -0.286. The van der Waals surface area contributed by atoms with Crippen molar-refractivity contribution >= 4 is 17.4 Å². The van der Waals surface area contributed by atoms with E-state index in [1.807, 2.05) is 44.2 Å². The highest BCUT2D eigenvalue weighted by molar-refractivity contribution is 7.09. The average molecular weight is 431 g/mol. The molecule has 2 amide bonds. The normalized spacial score (nSPS) is 14.7. The SMILES string of the molecule is CCN(Cc1ccccc1)C(=O)/N=c1\sc(C)cn1-c1ccc2c(c1)OC(F)(F)O2. The van der Waals surface area contributed by atoms with Crippen LogP contribution in [0.15, 0.2) is 59.7 Å².